The van der Waals surface area contributed by atoms with E-state index in [1.807, 2.05) is 0 Å². The third-order valence-electron chi connectivity index (χ3n) is 3.06. The number of halogens is 3. The molecule has 5 nitrogen and oxygen atoms in total. The molecule has 21 heavy (non-hydrogen) atoms. The summed E-state index contributed by atoms with van der Waals surface area (Å²) in [5, 5.41) is 5.15. The van der Waals surface area contributed by atoms with E-state index in [-0.39, 0.29) is 5.69 Å². The van der Waals surface area contributed by atoms with E-state index in [9.17, 15) is 22.8 Å². The van der Waals surface area contributed by atoms with E-state index in [0.717, 1.165) is 6.54 Å². The number of hydrogen-bond acceptors (Lipinski definition) is 3. The van der Waals surface area contributed by atoms with Gasteiger partial charge in [0.05, 0.1) is 0 Å². The van der Waals surface area contributed by atoms with E-state index in [1.54, 1.807) is 0 Å². The van der Waals surface area contributed by atoms with E-state index >= 15 is 0 Å². The highest BCUT2D eigenvalue weighted by atomic mass is 19.2. The summed E-state index contributed by atoms with van der Waals surface area (Å²) in [6.45, 7) is 2.11. The molecule has 1 aliphatic rings. The zero-order valence-electron chi connectivity index (χ0n) is 11.1. The molecule has 1 aromatic carbocycles. The first kappa shape index (κ1) is 15.3. The number of nitrogens with zero attached hydrogens (tertiary/aromatic N) is 1. The van der Waals surface area contributed by atoms with Crippen molar-refractivity contribution >= 4 is 17.5 Å². The summed E-state index contributed by atoms with van der Waals surface area (Å²) in [5.74, 6) is -6.29. The van der Waals surface area contributed by atoms with Gasteiger partial charge in [-0.3, -0.25) is 9.59 Å². The van der Waals surface area contributed by atoms with Crippen molar-refractivity contribution in [3.63, 3.8) is 0 Å². The summed E-state index contributed by atoms with van der Waals surface area (Å²) >= 11 is 0. The van der Waals surface area contributed by atoms with Crippen LogP contribution in [0.4, 0.5) is 18.9 Å². The molecule has 1 aromatic rings. The zero-order valence-corrected chi connectivity index (χ0v) is 11.1. The van der Waals surface area contributed by atoms with Crippen molar-refractivity contribution in [2.24, 2.45) is 0 Å². The minimum absolute atomic E-state index is 0.308. The van der Waals surface area contributed by atoms with Crippen LogP contribution >= 0.6 is 0 Å². The number of carbonyl (C=O) groups excluding carboxylic acids is 2. The zero-order chi connectivity index (χ0) is 15.4. The van der Waals surface area contributed by atoms with Crippen molar-refractivity contribution in [2.45, 2.75) is 6.42 Å². The maximum Gasteiger partial charge on any atom is 0.313 e. The number of amides is 2. The summed E-state index contributed by atoms with van der Waals surface area (Å²) in [6.07, 6.45) is 0.707. The van der Waals surface area contributed by atoms with E-state index in [0.29, 0.717) is 38.2 Å². The number of rotatable bonds is 1. The van der Waals surface area contributed by atoms with E-state index < -0.39 is 29.3 Å². The lowest BCUT2D eigenvalue weighted by atomic mass is 10.2. The van der Waals surface area contributed by atoms with Gasteiger partial charge in [0.2, 0.25) is 0 Å². The van der Waals surface area contributed by atoms with Crippen LogP contribution in [0, 0.1) is 17.5 Å². The maximum atomic E-state index is 13.0. The second kappa shape index (κ2) is 6.57. The molecule has 0 radical (unpaired) electrons. The fourth-order valence-electron chi connectivity index (χ4n) is 2.00. The standard InChI is InChI=1S/C13H14F3N3O2/c14-9-6-8(7-10(15)11(9)16)18-12(20)13(21)19-4-1-2-17-3-5-19/h6-7,17H,1-5H2,(H,18,20). The van der Waals surface area contributed by atoms with Crippen molar-refractivity contribution in [1.82, 2.24) is 10.2 Å². The van der Waals surface area contributed by atoms with Crippen molar-refractivity contribution in [3.8, 4) is 0 Å². The summed E-state index contributed by atoms with van der Waals surface area (Å²) in [5.41, 5.74) is -0.308. The predicted molar refractivity (Wildman–Crippen MR) is 69.0 cm³/mol. The Morgan fingerprint density at radius 1 is 1.10 bits per heavy atom. The fourth-order valence-corrected chi connectivity index (χ4v) is 2.00. The van der Waals surface area contributed by atoms with E-state index in [1.165, 1.54) is 4.90 Å². The van der Waals surface area contributed by atoms with Gasteiger partial charge < -0.3 is 15.5 Å². The van der Waals surface area contributed by atoms with Crippen LogP contribution in [0.1, 0.15) is 6.42 Å². The molecule has 1 aliphatic heterocycles. The largest absolute Gasteiger partial charge is 0.333 e. The Morgan fingerprint density at radius 2 is 1.76 bits per heavy atom. The Labute approximate surface area is 119 Å². The van der Waals surface area contributed by atoms with Gasteiger partial charge in [0, 0.05) is 37.5 Å². The van der Waals surface area contributed by atoms with Crippen molar-refractivity contribution in [1.29, 1.82) is 0 Å². The quantitative estimate of drug-likeness (QED) is 0.597. The van der Waals surface area contributed by atoms with Crippen molar-refractivity contribution in [3.05, 3.63) is 29.6 Å². The van der Waals surface area contributed by atoms with Crippen LogP contribution in [0.3, 0.4) is 0 Å². The molecule has 0 saturated carbocycles. The molecular weight excluding hydrogens is 287 g/mol. The molecule has 2 amide bonds. The molecule has 0 spiro atoms. The van der Waals surface area contributed by atoms with Crippen LogP contribution in [-0.4, -0.2) is 42.9 Å². The average Bonchev–Trinajstić information content (AvgIpc) is 2.72. The van der Waals surface area contributed by atoms with Crippen molar-refractivity contribution < 1.29 is 22.8 Å². The minimum atomic E-state index is -1.63. The Bertz CT molecular complexity index is 535. The second-order valence-electron chi connectivity index (χ2n) is 4.60. The molecule has 2 rings (SSSR count). The summed E-state index contributed by atoms with van der Waals surface area (Å²) < 4.78 is 38.9. The number of carbonyl (C=O) groups is 2. The van der Waals surface area contributed by atoms with Gasteiger partial charge in [-0.15, -0.1) is 0 Å². The topological polar surface area (TPSA) is 61.4 Å². The first-order valence-electron chi connectivity index (χ1n) is 6.44. The second-order valence-corrected chi connectivity index (χ2v) is 4.60. The number of hydrogen-bond donors (Lipinski definition) is 2. The van der Waals surface area contributed by atoms with Crippen LogP contribution in [0.15, 0.2) is 12.1 Å². The summed E-state index contributed by atoms with van der Waals surface area (Å²) in [4.78, 5) is 25.0. The molecule has 0 unspecified atom stereocenters. The Hall–Kier alpha value is -2.09. The van der Waals surface area contributed by atoms with Gasteiger partial charge in [0.25, 0.3) is 0 Å². The Kier molecular flexibility index (Phi) is 4.79. The lowest BCUT2D eigenvalue weighted by molar-refractivity contribution is -0.143. The van der Waals surface area contributed by atoms with Gasteiger partial charge in [-0.25, -0.2) is 13.2 Å². The normalized spacial score (nSPS) is 15.5. The molecular formula is C13H14F3N3O2. The van der Waals surface area contributed by atoms with E-state index in [4.69, 9.17) is 0 Å². The van der Waals surface area contributed by atoms with Gasteiger partial charge in [-0.05, 0) is 13.0 Å². The smallest absolute Gasteiger partial charge is 0.313 e. The molecule has 114 valence electrons. The van der Waals surface area contributed by atoms with Crippen LogP contribution in [0.25, 0.3) is 0 Å². The maximum absolute atomic E-state index is 13.0. The Balaban J connectivity index is 2.05. The lowest BCUT2D eigenvalue weighted by Crippen LogP contribution is -2.41. The summed E-state index contributed by atoms with van der Waals surface area (Å²) in [6, 6.07) is 1.24. The van der Waals surface area contributed by atoms with Gasteiger partial charge in [0.1, 0.15) is 0 Å². The minimum Gasteiger partial charge on any atom is -0.333 e. The molecule has 8 heteroatoms. The molecule has 1 fully saturated rings. The molecule has 0 bridgehead atoms. The lowest BCUT2D eigenvalue weighted by Gasteiger charge is -2.19. The number of nitrogens with one attached hydrogen (secondary N) is 2. The van der Waals surface area contributed by atoms with Crippen LogP contribution in [0.5, 0.6) is 0 Å². The van der Waals surface area contributed by atoms with Gasteiger partial charge in [-0.2, -0.15) is 0 Å². The monoisotopic (exact) mass is 301 g/mol. The Morgan fingerprint density at radius 3 is 2.43 bits per heavy atom. The molecule has 0 atom stereocenters. The first-order valence-corrected chi connectivity index (χ1v) is 6.44. The molecule has 0 aromatic heterocycles. The first-order chi connectivity index (χ1) is 9.99. The third kappa shape index (κ3) is 3.72. The molecule has 1 heterocycles. The molecule has 0 aliphatic carbocycles. The van der Waals surface area contributed by atoms with Crippen LogP contribution in [0.2, 0.25) is 0 Å². The molecule has 2 N–H and O–H groups in total. The predicted octanol–water partition coefficient (Wildman–Crippen LogP) is 0.864. The van der Waals surface area contributed by atoms with Gasteiger partial charge in [-0.1, -0.05) is 0 Å². The van der Waals surface area contributed by atoms with Crippen LogP contribution < -0.4 is 10.6 Å². The highest BCUT2D eigenvalue weighted by molar-refractivity contribution is 6.39. The molecule has 1 saturated heterocycles. The SMILES string of the molecule is O=C(Nc1cc(F)c(F)c(F)c1)C(=O)N1CCCNCC1. The fraction of sp³-hybridized carbons (Fsp3) is 0.385. The highest BCUT2D eigenvalue weighted by Crippen LogP contribution is 2.17. The highest BCUT2D eigenvalue weighted by Gasteiger charge is 2.23. The number of anilines is 1. The third-order valence-corrected chi connectivity index (χ3v) is 3.06. The van der Waals surface area contributed by atoms with E-state index in [2.05, 4.69) is 10.6 Å². The van der Waals surface area contributed by atoms with Gasteiger partial charge >= 0.3 is 11.8 Å². The summed E-state index contributed by atoms with van der Waals surface area (Å²) in [7, 11) is 0. The van der Waals surface area contributed by atoms with Gasteiger partial charge in [0.15, 0.2) is 17.5 Å². The average molecular weight is 301 g/mol. The van der Waals surface area contributed by atoms with Crippen molar-refractivity contribution in [2.75, 3.05) is 31.5 Å². The van der Waals surface area contributed by atoms with Crippen LogP contribution in [-0.2, 0) is 9.59 Å². The number of benzene rings is 1.